The normalized spacial score (nSPS) is 11.5. The van der Waals surface area contributed by atoms with Crippen LogP contribution in [0.3, 0.4) is 0 Å². The van der Waals surface area contributed by atoms with Crippen LogP contribution >= 0.6 is 15.9 Å². The second kappa shape index (κ2) is 10.1. The number of rotatable bonds is 8. The largest absolute Gasteiger partial charge is 0.494 e. The summed E-state index contributed by atoms with van der Waals surface area (Å²) in [7, 11) is 3.36. The van der Waals surface area contributed by atoms with Crippen molar-refractivity contribution in [3.8, 4) is 17.1 Å². The SMILES string of the molecule is COCCn1c(-c2ccc(C(C)C)cc2)nc2c(Br)c(Cc3cccc(F)c3)cc(OC)c21. The van der Waals surface area contributed by atoms with Crippen molar-refractivity contribution in [2.75, 3.05) is 20.8 Å². The maximum absolute atomic E-state index is 13.7. The molecule has 0 saturated carbocycles. The van der Waals surface area contributed by atoms with E-state index < -0.39 is 0 Å². The summed E-state index contributed by atoms with van der Waals surface area (Å²) in [5, 5.41) is 0. The van der Waals surface area contributed by atoms with E-state index in [9.17, 15) is 4.39 Å². The topological polar surface area (TPSA) is 36.3 Å². The molecule has 0 aliphatic carbocycles. The van der Waals surface area contributed by atoms with Gasteiger partial charge in [0.15, 0.2) is 0 Å². The summed E-state index contributed by atoms with van der Waals surface area (Å²) < 4.78 is 28.0. The number of hydrogen-bond acceptors (Lipinski definition) is 3. The van der Waals surface area contributed by atoms with Gasteiger partial charge in [-0.3, -0.25) is 0 Å². The van der Waals surface area contributed by atoms with Gasteiger partial charge in [-0.2, -0.15) is 0 Å². The molecule has 0 N–H and O–H groups in total. The average molecular weight is 511 g/mol. The minimum atomic E-state index is -0.243. The lowest BCUT2D eigenvalue weighted by atomic mass is 10.0. The van der Waals surface area contributed by atoms with Gasteiger partial charge in [-0.05, 0) is 63.2 Å². The highest BCUT2D eigenvalue weighted by atomic mass is 79.9. The van der Waals surface area contributed by atoms with Crippen molar-refractivity contribution < 1.29 is 13.9 Å². The number of ether oxygens (including phenoxy) is 2. The number of halogens is 2. The molecular formula is C27H28BrFN2O2. The van der Waals surface area contributed by atoms with Crippen LogP contribution < -0.4 is 4.74 Å². The van der Waals surface area contributed by atoms with Crippen molar-refractivity contribution in [3.05, 3.63) is 81.6 Å². The third-order valence-electron chi connectivity index (χ3n) is 5.85. The first-order valence-electron chi connectivity index (χ1n) is 11.0. The minimum absolute atomic E-state index is 0.243. The van der Waals surface area contributed by atoms with E-state index in [-0.39, 0.29) is 5.82 Å². The molecule has 0 amide bonds. The third kappa shape index (κ3) is 4.82. The van der Waals surface area contributed by atoms with E-state index >= 15 is 0 Å². The summed E-state index contributed by atoms with van der Waals surface area (Å²) in [5.74, 6) is 1.81. The molecule has 3 aromatic carbocycles. The van der Waals surface area contributed by atoms with E-state index in [1.165, 1.54) is 11.6 Å². The molecular weight excluding hydrogens is 483 g/mol. The summed E-state index contributed by atoms with van der Waals surface area (Å²) in [5.41, 5.74) is 5.93. The van der Waals surface area contributed by atoms with Gasteiger partial charge in [0.2, 0.25) is 0 Å². The van der Waals surface area contributed by atoms with E-state index in [1.807, 2.05) is 12.1 Å². The van der Waals surface area contributed by atoms with Gasteiger partial charge in [-0.1, -0.05) is 50.2 Å². The quantitative estimate of drug-likeness (QED) is 0.256. The standard InChI is InChI=1S/C27H28BrFN2O2/c1-17(2)19-8-10-20(11-9-19)27-30-25-24(28)21(14-18-6-5-7-22(29)15-18)16-23(33-4)26(25)31(27)12-13-32-3/h5-11,15-17H,12-14H2,1-4H3. The van der Waals surface area contributed by atoms with Gasteiger partial charge in [-0.25, -0.2) is 9.37 Å². The number of imidazole rings is 1. The van der Waals surface area contributed by atoms with Gasteiger partial charge in [0.25, 0.3) is 0 Å². The van der Waals surface area contributed by atoms with Crippen LogP contribution in [0.5, 0.6) is 5.75 Å². The Morgan fingerprint density at radius 1 is 1.06 bits per heavy atom. The Morgan fingerprint density at radius 2 is 1.82 bits per heavy atom. The van der Waals surface area contributed by atoms with Crippen molar-refractivity contribution in [2.24, 2.45) is 0 Å². The van der Waals surface area contributed by atoms with Gasteiger partial charge in [0.05, 0.1) is 13.7 Å². The monoisotopic (exact) mass is 510 g/mol. The maximum Gasteiger partial charge on any atom is 0.145 e. The summed E-state index contributed by atoms with van der Waals surface area (Å²) >= 11 is 3.78. The molecule has 0 aliphatic rings. The lowest BCUT2D eigenvalue weighted by Gasteiger charge is -2.14. The summed E-state index contributed by atoms with van der Waals surface area (Å²) in [6.07, 6.45) is 0.563. The molecule has 0 bridgehead atoms. The Kier molecular flexibility index (Phi) is 7.15. The van der Waals surface area contributed by atoms with Crippen molar-refractivity contribution in [1.29, 1.82) is 0 Å². The molecule has 0 aliphatic heterocycles. The maximum atomic E-state index is 13.7. The first kappa shape index (κ1) is 23.5. The highest BCUT2D eigenvalue weighted by molar-refractivity contribution is 9.10. The molecule has 172 valence electrons. The molecule has 0 fully saturated rings. The second-order valence-corrected chi connectivity index (χ2v) is 9.21. The Balaban J connectivity index is 1.88. The van der Waals surface area contributed by atoms with Crippen molar-refractivity contribution in [2.45, 2.75) is 32.7 Å². The Morgan fingerprint density at radius 3 is 2.45 bits per heavy atom. The molecule has 0 saturated heterocycles. The van der Waals surface area contributed by atoms with E-state index in [2.05, 4.69) is 58.6 Å². The van der Waals surface area contributed by atoms with E-state index in [1.54, 1.807) is 26.4 Å². The zero-order valence-corrected chi connectivity index (χ0v) is 20.9. The van der Waals surface area contributed by atoms with Crippen LogP contribution in [0.25, 0.3) is 22.4 Å². The van der Waals surface area contributed by atoms with Crippen molar-refractivity contribution in [3.63, 3.8) is 0 Å². The zero-order valence-electron chi connectivity index (χ0n) is 19.4. The van der Waals surface area contributed by atoms with Crippen LogP contribution in [0, 0.1) is 5.82 Å². The van der Waals surface area contributed by atoms with Crippen LogP contribution in [-0.2, 0) is 17.7 Å². The first-order chi connectivity index (χ1) is 15.9. The highest BCUT2D eigenvalue weighted by Crippen LogP contribution is 2.39. The summed E-state index contributed by atoms with van der Waals surface area (Å²) in [4.78, 5) is 5.04. The number of nitrogens with zero attached hydrogens (tertiary/aromatic N) is 2. The lowest BCUT2D eigenvalue weighted by molar-refractivity contribution is 0.188. The minimum Gasteiger partial charge on any atom is -0.494 e. The van der Waals surface area contributed by atoms with Gasteiger partial charge >= 0.3 is 0 Å². The molecule has 33 heavy (non-hydrogen) atoms. The number of fused-ring (bicyclic) bond motifs is 1. The molecule has 0 atom stereocenters. The summed E-state index contributed by atoms with van der Waals surface area (Å²) in [6, 6.07) is 17.2. The predicted molar refractivity (Wildman–Crippen MR) is 135 cm³/mol. The van der Waals surface area contributed by atoms with Gasteiger partial charge < -0.3 is 14.0 Å². The van der Waals surface area contributed by atoms with Crippen LogP contribution in [0.1, 0.15) is 36.5 Å². The fraction of sp³-hybridized carbons (Fsp3) is 0.296. The zero-order chi connectivity index (χ0) is 23.5. The first-order valence-corrected chi connectivity index (χ1v) is 11.8. The Labute approximate surface area is 202 Å². The molecule has 6 heteroatoms. The summed E-state index contributed by atoms with van der Waals surface area (Å²) in [6.45, 7) is 5.56. The number of benzene rings is 3. The Hall–Kier alpha value is -2.70. The number of methoxy groups -OCH3 is 2. The van der Waals surface area contributed by atoms with Crippen molar-refractivity contribution >= 4 is 27.0 Å². The number of aromatic nitrogens is 2. The average Bonchev–Trinajstić information content (AvgIpc) is 3.19. The molecule has 0 unspecified atom stereocenters. The van der Waals surface area contributed by atoms with Crippen LogP contribution in [-0.4, -0.2) is 30.4 Å². The fourth-order valence-corrected chi connectivity index (χ4v) is 4.62. The second-order valence-electron chi connectivity index (χ2n) is 8.41. The molecule has 4 nitrogen and oxygen atoms in total. The van der Waals surface area contributed by atoms with Gasteiger partial charge in [-0.15, -0.1) is 0 Å². The van der Waals surface area contributed by atoms with Gasteiger partial charge in [0, 0.05) is 23.7 Å². The van der Waals surface area contributed by atoms with Gasteiger partial charge in [0.1, 0.15) is 28.4 Å². The van der Waals surface area contributed by atoms with E-state index in [4.69, 9.17) is 14.5 Å². The smallest absolute Gasteiger partial charge is 0.145 e. The molecule has 4 rings (SSSR count). The van der Waals surface area contributed by atoms with Crippen LogP contribution in [0.2, 0.25) is 0 Å². The molecule has 1 aromatic heterocycles. The van der Waals surface area contributed by atoms with Crippen LogP contribution in [0.4, 0.5) is 4.39 Å². The molecule has 0 radical (unpaired) electrons. The van der Waals surface area contributed by atoms with E-state index in [0.29, 0.717) is 25.5 Å². The molecule has 1 heterocycles. The third-order valence-corrected chi connectivity index (χ3v) is 6.74. The van der Waals surface area contributed by atoms with Crippen LogP contribution in [0.15, 0.2) is 59.1 Å². The highest BCUT2D eigenvalue weighted by Gasteiger charge is 2.21. The van der Waals surface area contributed by atoms with Crippen molar-refractivity contribution in [1.82, 2.24) is 9.55 Å². The number of hydrogen-bond donors (Lipinski definition) is 0. The molecule has 4 aromatic rings. The molecule has 0 spiro atoms. The lowest BCUT2D eigenvalue weighted by Crippen LogP contribution is -2.07. The Bertz CT molecular complexity index is 1270. The predicted octanol–water partition coefficient (Wildman–Crippen LogP) is 6.97. The van der Waals surface area contributed by atoms with E-state index in [0.717, 1.165) is 43.8 Å². The fourth-order valence-electron chi connectivity index (χ4n) is 4.09.